The highest BCUT2D eigenvalue weighted by Crippen LogP contribution is 2.19. The summed E-state index contributed by atoms with van der Waals surface area (Å²) in [7, 11) is 0. The molecule has 0 aliphatic carbocycles. The number of benzene rings is 2. The lowest BCUT2D eigenvalue weighted by atomic mass is 10.2. The summed E-state index contributed by atoms with van der Waals surface area (Å²) in [6.07, 6.45) is 3.13. The molecule has 140 valence electrons. The Balaban J connectivity index is 1.49. The first kappa shape index (κ1) is 19.4. The first-order valence-corrected chi connectivity index (χ1v) is 9.37. The van der Waals surface area contributed by atoms with Gasteiger partial charge >= 0.3 is 0 Å². The van der Waals surface area contributed by atoms with Crippen molar-refractivity contribution >= 4 is 52.3 Å². The molecule has 1 heterocycles. The fourth-order valence-electron chi connectivity index (χ4n) is 2.64. The van der Waals surface area contributed by atoms with Crippen LogP contribution < -0.4 is 15.5 Å². The molecule has 7 heteroatoms. The highest BCUT2D eigenvalue weighted by molar-refractivity contribution is 7.80. The number of morpholine rings is 1. The van der Waals surface area contributed by atoms with Crippen molar-refractivity contribution in [3.05, 3.63) is 65.2 Å². The molecule has 1 fully saturated rings. The number of carbonyl (C=O) groups excluding carboxylic acids is 1. The lowest BCUT2D eigenvalue weighted by Gasteiger charge is -2.28. The molecule has 0 atom stereocenters. The summed E-state index contributed by atoms with van der Waals surface area (Å²) in [5.41, 5.74) is 2.84. The van der Waals surface area contributed by atoms with Gasteiger partial charge < -0.3 is 15.0 Å². The second-order valence-corrected chi connectivity index (χ2v) is 6.82. The normalized spacial score (nSPS) is 14.2. The van der Waals surface area contributed by atoms with Crippen molar-refractivity contribution in [1.82, 2.24) is 5.32 Å². The van der Waals surface area contributed by atoms with E-state index in [1.807, 2.05) is 36.4 Å². The molecule has 2 N–H and O–H groups in total. The minimum Gasteiger partial charge on any atom is -0.378 e. The molecule has 2 aromatic rings. The van der Waals surface area contributed by atoms with E-state index in [4.69, 9.17) is 28.6 Å². The molecular formula is C20H20ClN3O2S. The predicted molar refractivity (Wildman–Crippen MR) is 114 cm³/mol. The minimum atomic E-state index is -0.299. The van der Waals surface area contributed by atoms with Gasteiger partial charge in [0.25, 0.3) is 0 Å². The third kappa shape index (κ3) is 6.06. The van der Waals surface area contributed by atoms with Crippen LogP contribution in [0, 0.1) is 0 Å². The summed E-state index contributed by atoms with van der Waals surface area (Å²) in [6.45, 7) is 3.28. The van der Waals surface area contributed by atoms with Crippen molar-refractivity contribution in [3.63, 3.8) is 0 Å². The second kappa shape index (κ2) is 9.50. The molecule has 0 bridgehead atoms. The van der Waals surface area contributed by atoms with Crippen molar-refractivity contribution in [2.24, 2.45) is 0 Å². The number of nitrogens with one attached hydrogen (secondary N) is 2. The standard InChI is InChI=1S/C20H20ClN3O2S/c21-16-4-1-15(2-5-16)3-10-19(25)23-20(27)22-17-6-8-18(9-7-17)24-11-13-26-14-12-24/h1-10H,11-14H2,(H2,22,23,25,27)/b10-3+. The van der Waals surface area contributed by atoms with E-state index in [1.165, 1.54) is 6.08 Å². The Hall–Kier alpha value is -2.41. The van der Waals surface area contributed by atoms with E-state index in [9.17, 15) is 4.79 Å². The maximum absolute atomic E-state index is 12.0. The van der Waals surface area contributed by atoms with Gasteiger partial charge in [-0.15, -0.1) is 0 Å². The summed E-state index contributed by atoms with van der Waals surface area (Å²) >= 11 is 11.0. The number of anilines is 2. The molecule has 0 radical (unpaired) electrons. The number of hydrogen-bond acceptors (Lipinski definition) is 4. The van der Waals surface area contributed by atoms with Crippen LogP contribution in [-0.2, 0) is 9.53 Å². The number of amides is 1. The lowest BCUT2D eigenvalue weighted by Crippen LogP contribution is -2.36. The van der Waals surface area contributed by atoms with Gasteiger partial charge in [-0.25, -0.2) is 0 Å². The molecule has 0 spiro atoms. The van der Waals surface area contributed by atoms with Crippen LogP contribution in [0.4, 0.5) is 11.4 Å². The monoisotopic (exact) mass is 401 g/mol. The molecule has 0 saturated carbocycles. The van der Waals surface area contributed by atoms with E-state index < -0.39 is 0 Å². The number of thiocarbonyl (C=S) groups is 1. The molecule has 1 saturated heterocycles. The maximum Gasteiger partial charge on any atom is 0.250 e. The summed E-state index contributed by atoms with van der Waals surface area (Å²) in [4.78, 5) is 14.2. The van der Waals surface area contributed by atoms with Gasteiger partial charge in [0.15, 0.2) is 5.11 Å². The average Bonchev–Trinajstić information content (AvgIpc) is 2.69. The minimum absolute atomic E-state index is 0.250. The topological polar surface area (TPSA) is 53.6 Å². The Bertz CT molecular complexity index is 816. The zero-order chi connectivity index (χ0) is 19.1. The fraction of sp³-hybridized carbons (Fsp3) is 0.200. The predicted octanol–water partition coefficient (Wildman–Crippen LogP) is 3.70. The van der Waals surface area contributed by atoms with Crippen LogP contribution in [0.3, 0.4) is 0 Å². The van der Waals surface area contributed by atoms with E-state index >= 15 is 0 Å². The number of ether oxygens (including phenoxy) is 1. The van der Waals surface area contributed by atoms with Crippen molar-refractivity contribution in [2.75, 3.05) is 36.5 Å². The fourth-order valence-corrected chi connectivity index (χ4v) is 2.98. The third-order valence-electron chi connectivity index (χ3n) is 4.04. The summed E-state index contributed by atoms with van der Waals surface area (Å²) in [5, 5.41) is 6.55. The molecule has 1 aliphatic heterocycles. The van der Waals surface area contributed by atoms with Gasteiger partial charge in [-0.2, -0.15) is 0 Å². The van der Waals surface area contributed by atoms with Crippen molar-refractivity contribution in [3.8, 4) is 0 Å². The molecule has 5 nitrogen and oxygen atoms in total. The smallest absolute Gasteiger partial charge is 0.250 e. The van der Waals surface area contributed by atoms with E-state index in [1.54, 1.807) is 18.2 Å². The van der Waals surface area contributed by atoms with Gasteiger partial charge in [-0.3, -0.25) is 10.1 Å². The molecule has 1 amide bonds. The molecule has 3 rings (SSSR count). The van der Waals surface area contributed by atoms with Crippen LogP contribution in [-0.4, -0.2) is 37.3 Å². The molecular weight excluding hydrogens is 382 g/mol. The van der Waals surface area contributed by atoms with Crippen molar-refractivity contribution in [1.29, 1.82) is 0 Å². The van der Waals surface area contributed by atoms with Crippen LogP contribution in [0.15, 0.2) is 54.6 Å². The van der Waals surface area contributed by atoms with Crippen LogP contribution >= 0.6 is 23.8 Å². The SMILES string of the molecule is O=C(/C=C/c1ccc(Cl)cc1)NC(=S)Nc1ccc(N2CCOCC2)cc1. The third-order valence-corrected chi connectivity index (χ3v) is 4.49. The van der Waals surface area contributed by atoms with E-state index in [-0.39, 0.29) is 11.0 Å². The summed E-state index contributed by atoms with van der Waals surface area (Å²) < 4.78 is 5.37. The van der Waals surface area contributed by atoms with Gasteiger partial charge in [0.1, 0.15) is 0 Å². The van der Waals surface area contributed by atoms with Crippen molar-refractivity contribution in [2.45, 2.75) is 0 Å². The van der Waals surface area contributed by atoms with Crippen LogP contribution in [0.5, 0.6) is 0 Å². The number of halogens is 1. The van der Waals surface area contributed by atoms with Gasteiger partial charge in [0.2, 0.25) is 5.91 Å². The number of carbonyl (C=O) groups is 1. The molecule has 27 heavy (non-hydrogen) atoms. The van der Waals surface area contributed by atoms with Crippen LogP contribution in [0.2, 0.25) is 5.02 Å². The lowest BCUT2D eigenvalue weighted by molar-refractivity contribution is -0.115. The highest BCUT2D eigenvalue weighted by Gasteiger charge is 2.11. The molecule has 2 aromatic carbocycles. The van der Waals surface area contributed by atoms with E-state index in [2.05, 4.69) is 15.5 Å². The molecule has 1 aliphatic rings. The summed E-state index contributed by atoms with van der Waals surface area (Å²) in [6, 6.07) is 15.1. The van der Waals surface area contributed by atoms with E-state index in [0.29, 0.717) is 5.02 Å². The first-order chi connectivity index (χ1) is 13.1. The maximum atomic E-state index is 12.0. The largest absolute Gasteiger partial charge is 0.378 e. The van der Waals surface area contributed by atoms with Crippen LogP contribution in [0.1, 0.15) is 5.56 Å². The molecule has 0 aromatic heterocycles. The number of nitrogens with zero attached hydrogens (tertiary/aromatic N) is 1. The highest BCUT2D eigenvalue weighted by atomic mass is 35.5. The van der Waals surface area contributed by atoms with Crippen molar-refractivity contribution < 1.29 is 9.53 Å². The Morgan fingerprint density at radius 3 is 2.41 bits per heavy atom. The number of rotatable bonds is 4. The Morgan fingerprint density at radius 2 is 1.74 bits per heavy atom. The van der Waals surface area contributed by atoms with Gasteiger partial charge in [-0.1, -0.05) is 23.7 Å². The van der Waals surface area contributed by atoms with E-state index in [0.717, 1.165) is 43.2 Å². The second-order valence-electron chi connectivity index (χ2n) is 5.97. The van der Waals surface area contributed by atoms with Gasteiger partial charge in [0, 0.05) is 35.6 Å². The van der Waals surface area contributed by atoms with Crippen LogP contribution in [0.25, 0.3) is 6.08 Å². The summed E-state index contributed by atoms with van der Waals surface area (Å²) in [5.74, 6) is -0.299. The first-order valence-electron chi connectivity index (χ1n) is 8.58. The molecule has 0 unspecified atom stereocenters. The zero-order valence-electron chi connectivity index (χ0n) is 14.7. The Morgan fingerprint density at radius 1 is 1.07 bits per heavy atom. The Kier molecular flexibility index (Phi) is 6.81. The van der Waals surface area contributed by atoms with Gasteiger partial charge in [-0.05, 0) is 60.3 Å². The average molecular weight is 402 g/mol. The zero-order valence-corrected chi connectivity index (χ0v) is 16.2. The quantitative estimate of drug-likeness (QED) is 0.604. The Labute approximate surface area is 169 Å². The number of hydrogen-bond donors (Lipinski definition) is 2. The van der Waals surface area contributed by atoms with Gasteiger partial charge in [0.05, 0.1) is 13.2 Å².